The monoisotopic (exact) mass is 480 g/mol. The molecule has 0 saturated carbocycles. The number of rotatable bonds is 7. The first-order chi connectivity index (χ1) is 15.0. The first kappa shape index (κ1) is 24.2. The molecule has 0 spiro atoms. The first-order valence-electron chi connectivity index (χ1n) is 9.15. The number of ether oxygens (including phenoxy) is 2. The molecule has 0 fully saturated rings. The summed E-state index contributed by atoms with van der Waals surface area (Å²) in [7, 11) is 0. The van der Waals surface area contributed by atoms with Gasteiger partial charge in [0.15, 0.2) is 5.69 Å². The summed E-state index contributed by atoms with van der Waals surface area (Å²) in [4.78, 5) is 25.6. The number of hydrogen-bond acceptors (Lipinski definition) is 5. The Hall–Kier alpha value is -2.42. The van der Waals surface area contributed by atoms with Crippen LogP contribution < -0.4 is 55.5 Å². The summed E-state index contributed by atoms with van der Waals surface area (Å²) in [6, 6.07) is 19.7. The molecule has 32 heavy (non-hydrogen) atoms. The maximum Gasteiger partial charge on any atom is 1.00 e. The van der Waals surface area contributed by atoms with E-state index < -0.39 is 11.4 Å². The summed E-state index contributed by atoms with van der Waals surface area (Å²) < 4.78 is 17.2. The van der Waals surface area contributed by atoms with Crippen molar-refractivity contribution in [2.24, 2.45) is 0 Å². The molecule has 1 aromatic heterocycles. The molecular weight excluding hydrogens is 466 g/mol. The van der Waals surface area contributed by atoms with E-state index in [9.17, 15) is 9.59 Å². The van der Waals surface area contributed by atoms with Crippen molar-refractivity contribution in [1.82, 2.24) is 9.72 Å². The van der Waals surface area contributed by atoms with Crippen molar-refractivity contribution in [3.05, 3.63) is 109 Å². The number of nitrogens with zero attached hydrogens (tertiary/aromatic N) is 2. The quantitative estimate of drug-likeness (QED) is 0.372. The fraction of sp³-hybridized carbons (Fsp3) is 0.0909. The van der Waals surface area contributed by atoms with Crippen LogP contribution in [0.5, 0.6) is 17.2 Å². The Balaban J connectivity index is 0.00000289. The van der Waals surface area contributed by atoms with Gasteiger partial charge >= 0.3 is 35.3 Å². The van der Waals surface area contributed by atoms with E-state index in [0.29, 0.717) is 33.9 Å². The van der Waals surface area contributed by atoms with Crippen molar-refractivity contribution in [2.45, 2.75) is 13.2 Å². The number of benzene rings is 3. The molecule has 3 aromatic carbocycles. The minimum atomic E-state index is -0.907. The van der Waals surface area contributed by atoms with Crippen molar-refractivity contribution in [2.75, 3.05) is 0 Å². The van der Waals surface area contributed by atoms with Crippen molar-refractivity contribution >= 4 is 23.2 Å². The summed E-state index contributed by atoms with van der Waals surface area (Å²) in [5.74, 6) is 0.965. The predicted molar refractivity (Wildman–Crippen MR) is 115 cm³/mol. The number of hydrogen-bond donors (Lipinski definition) is 0. The molecule has 0 atom stereocenters. The molecular formula is C22H15Cl2N2NaO5. The third-order valence-corrected chi connectivity index (χ3v) is 5.01. The standard InChI is InChI=1S/C22H16Cl2N2O5.Na/c23-19-9-8-18(11-20(19)24)30-17-3-1-2-15(10-17)13-29-16-6-4-14(5-7-16)12-26-21(27)25-22(28)31-26;/h1-11H,12-13H2,(H,25,27,28);/q;+1/p-1. The van der Waals surface area contributed by atoms with Crippen LogP contribution in [-0.2, 0) is 13.2 Å². The van der Waals surface area contributed by atoms with Crippen LogP contribution in [0.4, 0.5) is 0 Å². The molecule has 0 aliphatic rings. The van der Waals surface area contributed by atoms with Crippen molar-refractivity contribution < 1.29 is 43.6 Å². The molecule has 1 heterocycles. The first-order valence-corrected chi connectivity index (χ1v) is 9.90. The SMILES string of the molecule is O=c1[n-]c(=O)n(Cc2ccc(OCc3cccc(Oc4ccc(Cl)c(Cl)c4)c3)cc2)o1.[Na+]. The van der Waals surface area contributed by atoms with Crippen LogP contribution in [0, 0.1) is 0 Å². The van der Waals surface area contributed by atoms with Gasteiger partial charge in [-0.25, -0.2) is 4.79 Å². The zero-order valence-electron chi connectivity index (χ0n) is 17.0. The molecule has 0 aliphatic carbocycles. The van der Waals surface area contributed by atoms with Gasteiger partial charge in [-0.1, -0.05) is 47.5 Å². The third kappa shape index (κ3) is 6.31. The van der Waals surface area contributed by atoms with Gasteiger partial charge < -0.3 is 19.0 Å². The van der Waals surface area contributed by atoms with E-state index in [1.54, 1.807) is 42.5 Å². The van der Waals surface area contributed by atoms with E-state index >= 15 is 0 Å². The normalized spacial score (nSPS) is 10.4. The average Bonchev–Trinajstić information content (AvgIpc) is 3.07. The van der Waals surface area contributed by atoms with Crippen LogP contribution in [0.2, 0.25) is 10.0 Å². The Kier molecular flexibility index (Phi) is 8.28. The summed E-state index contributed by atoms with van der Waals surface area (Å²) in [5, 5.41) is 0.883. The summed E-state index contributed by atoms with van der Waals surface area (Å²) in [5.41, 5.74) is 0.966. The van der Waals surface area contributed by atoms with Crippen LogP contribution in [-0.4, -0.2) is 4.74 Å². The fourth-order valence-corrected chi connectivity index (χ4v) is 3.07. The third-order valence-electron chi connectivity index (χ3n) is 4.27. The predicted octanol–water partition coefficient (Wildman–Crippen LogP) is 1.49. The van der Waals surface area contributed by atoms with Gasteiger partial charge in [0.1, 0.15) is 23.9 Å². The molecule has 0 unspecified atom stereocenters. The van der Waals surface area contributed by atoms with Crippen molar-refractivity contribution in [1.29, 1.82) is 0 Å². The van der Waals surface area contributed by atoms with Crippen LogP contribution in [0.3, 0.4) is 0 Å². The zero-order chi connectivity index (χ0) is 21.8. The Morgan fingerprint density at radius 3 is 2.25 bits per heavy atom. The minimum Gasteiger partial charge on any atom is -0.489 e. The zero-order valence-corrected chi connectivity index (χ0v) is 20.5. The molecule has 0 N–H and O–H groups in total. The smallest absolute Gasteiger partial charge is 0.489 e. The maximum absolute atomic E-state index is 11.5. The van der Waals surface area contributed by atoms with Gasteiger partial charge in [0.2, 0.25) is 0 Å². The molecule has 0 aliphatic heterocycles. The minimum absolute atomic E-state index is 0. The Bertz CT molecular complexity index is 1310. The molecule has 10 heteroatoms. The van der Waals surface area contributed by atoms with Crippen LogP contribution in [0.15, 0.2) is 80.8 Å². The molecule has 7 nitrogen and oxygen atoms in total. The van der Waals surface area contributed by atoms with Crippen LogP contribution in [0.25, 0.3) is 0 Å². The van der Waals surface area contributed by atoms with Gasteiger partial charge in [0.05, 0.1) is 10.0 Å². The molecule has 4 aromatic rings. The van der Waals surface area contributed by atoms with Gasteiger partial charge in [-0.2, -0.15) is 0 Å². The van der Waals surface area contributed by atoms with Crippen molar-refractivity contribution in [3.63, 3.8) is 0 Å². The molecule has 0 amide bonds. The Labute approximate surface area is 214 Å². The van der Waals surface area contributed by atoms with E-state index in [1.165, 1.54) is 0 Å². The topological polar surface area (TPSA) is 84.8 Å². The van der Waals surface area contributed by atoms with Crippen LogP contribution >= 0.6 is 23.2 Å². The van der Waals surface area contributed by atoms with Gasteiger partial charge in [0, 0.05) is 12.6 Å². The summed E-state index contributed by atoms with van der Waals surface area (Å²) in [6.45, 7) is 0.446. The van der Waals surface area contributed by atoms with E-state index in [1.807, 2.05) is 24.3 Å². The average molecular weight is 481 g/mol. The van der Waals surface area contributed by atoms with Crippen LogP contribution in [0.1, 0.15) is 11.1 Å². The van der Waals surface area contributed by atoms with Gasteiger partial charge in [-0.05, 0) is 47.5 Å². The summed E-state index contributed by atoms with van der Waals surface area (Å²) >= 11 is 12.0. The Morgan fingerprint density at radius 2 is 1.56 bits per heavy atom. The molecule has 0 radical (unpaired) electrons. The van der Waals surface area contributed by atoms with Crippen molar-refractivity contribution in [3.8, 4) is 17.2 Å². The second-order valence-corrected chi connectivity index (χ2v) is 7.36. The van der Waals surface area contributed by atoms with E-state index in [4.69, 9.17) is 37.2 Å². The van der Waals surface area contributed by atoms with Gasteiger partial charge in [-0.3, -0.25) is 9.53 Å². The Morgan fingerprint density at radius 1 is 0.844 bits per heavy atom. The van der Waals surface area contributed by atoms with E-state index in [2.05, 4.69) is 4.98 Å². The summed E-state index contributed by atoms with van der Waals surface area (Å²) in [6.07, 6.45) is 0. The molecule has 0 bridgehead atoms. The van der Waals surface area contributed by atoms with E-state index in [0.717, 1.165) is 15.9 Å². The molecule has 0 saturated heterocycles. The second kappa shape index (κ2) is 10.9. The molecule has 4 rings (SSSR count). The number of halogens is 2. The fourth-order valence-electron chi connectivity index (χ4n) is 2.79. The molecule has 158 valence electrons. The number of aromatic nitrogens is 2. The van der Waals surface area contributed by atoms with E-state index in [-0.39, 0.29) is 36.1 Å². The second-order valence-electron chi connectivity index (χ2n) is 6.55. The van der Waals surface area contributed by atoms with Gasteiger partial charge in [0.25, 0.3) is 0 Å². The maximum atomic E-state index is 11.5. The van der Waals surface area contributed by atoms with Gasteiger partial charge in [-0.15, -0.1) is 0 Å². The largest absolute Gasteiger partial charge is 1.00 e.